The maximum absolute atomic E-state index is 13.2. The Morgan fingerprint density at radius 2 is 1.49 bits per heavy atom. The van der Waals surface area contributed by atoms with E-state index >= 15 is 0 Å². The molecule has 57 heavy (non-hydrogen) atoms. The molecule has 1 aliphatic heterocycles. The Bertz CT molecular complexity index is 1690. The third kappa shape index (κ3) is 6.74. The number of aliphatic hydroxyl groups excluding tert-OH is 5. The topological polar surface area (TPSA) is 172 Å². The molecule has 6 rings (SSSR count). The monoisotopic (exact) mass is 798 g/mol. The minimum absolute atomic E-state index is 0.157. The average molecular weight is 799 g/mol. The molecule has 3 saturated carbocycles. The highest BCUT2D eigenvalue weighted by Gasteiger charge is 2.71. The fraction of sp³-hybridized carbons (Fsp3) is 0.783. The van der Waals surface area contributed by atoms with Crippen LogP contribution in [0.3, 0.4) is 0 Å². The molecule has 5 aliphatic carbocycles. The lowest BCUT2D eigenvalue weighted by molar-refractivity contribution is -0.339. The summed E-state index contributed by atoms with van der Waals surface area (Å²) >= 11 is 0. The highest BCUT2D eigenvalue weighted by atomic mass is 16.7. The third-order valence-electron chi connectivity index (χ3n) is 16.7. The molecule has 15 atom stereocenters. The lowest BCUT2D eigenvalue weighted by Crippen LogP contribution is -2.70. The van der Waals surface area contributed by atoms with Crippen LogP contribution < -0.4 is 0 Å². The number of allylic oxidation sites excluding steroid dienone is 5. The molecular weight excluding hydrogens is 728 g/mol. The number of aliphatic hydroxyl groups is 5. The molecule has 0 aromatic rings. The first-order chi connectivity index (χ1) is 26.5. The Balaban J connectivity index is 1.38. The zero-order chi connectivity index (χ0) is 42.3. The lowest BCUT2D eigenvalue weighted by Gasteiger charge is -2.71. The van der Waals surface area contributed by atoms with Gasteiger partial charge in [-0.25, -0.2) is 9.59 Å². The first-order valence-electron chi connectivity index (χ1n) is 21.2. The molecule has 0 amide bonds. The lowest BCUT2D eigenvalue weighted by atomic mass is 9.33. The van der Waals surface area contributed by atoms with Crippen LogP contribution in [-0.4, -0.2) is 99.7 Å². The van der Waals surface area contributed by atoms with Gasteiger partial charge in [-0.05, 0) is 111 Å². The van der Waals surface area contributed by atoms with Gasteiger partial charge >= 0.3 is 11.9 Å². The maximum atomic E-state index is 13.2. The Labute approximate surface area is 339 Å². The largest absolute Gasteiger partial charge is 0.452 e. The van der Waals surface area contributed by atoms with Crippen LogP contribution in [0.4, 0.5) is 0 Å². The number of hydrogen-bond acceptors (Lipinski definition) is 11. The molecule has 4 fully saturated rings. The highest BCUT2D eigenvalue weighted by molar-refractivity contribution is 5.88. The predicted octanol–water partition coefficient (Wildman–Crippen LogP) is 5.72. The van der Waals surface area contributed by atoms with Gasteiger partial charge in [0.05, 0.1) is 36.9 Å². The summed E-state index contributed by atoms with van der Waals surface area (Å²) < 4.78 is 24.6. The minimum Gasteiger partial charge on any atom is -0.452 e. The van der Waals surface area contributed by atoms with Crippen LogP contribution in [0.15, 0.2) is 47.1 Å². The molecule has 320 valence electrons. The predicted molar refractivity (Wildman–Crippen MR) is 214 cm³/mol. The first kappa shape index (κ1) is 44.2. The van der Waals surface area contributed by atoms with Crippen LogP contribution in [0, 0.1) is 50.2 Å². The zero-order valence-electron chi connectivity index (χ0n) is 36.1. The van der Waals surface area contributed by atoms with Gasteiger partial charge in [-0.15, -0.1) is 0 Å². The maximum Gasteiger partial charge on any atom is 0.333 e. The average Bonchev–Trinajstić information content (AvgIpc) is 3.14. The summed E-state index contributed by atoms with van der Waals surface area (Å²) in [5, 5.41) is 57.9. The summed E-state index contributed by atoms with van der Waals surface area (Å²) in [4.78, 5) is 26.2. The fourth-order valence-electron chi connectivity index (χ4n) is 12.8. The number of esters is 2. The molecule has 0 aromatic carbocycles. The van der Waals surface area contributed by atoms with E-state index in [2.05, 4.69) is 60.6 Å². The molecule has 0 spiro atoms. The molecule has 15 unspecified atom stereocenters. The minimum atomic E-state index is -1.66. The molecule has 0 radical (unpaired) electrons. The summed E-state index contributed by atoms with van der Waals surface area (Å²) in [5.74, 6) is -1.17. The Kier molecular flexibility index (Phi) is 11.8. The second kappa shape index (κ2) is 15.3. The van der Waals surface area contributed by atoms with Crippen molar-refractivity contribution in [2.24, 2.45) is 50.2 Å². The Hall–Kier alpha value is -2.38. The number of carbonyl (C=O) groups is 2. The van der Waals surface area contributed by atoms with E-state index < -0.39 is 78.4 Å². The summed E-state index contributed by atoms with van der Waals surface area (Å²) in [6, 6.07) is 0. The van der Waals surface area contributed by atoms with E-state index in [1.54, 1.807) is 39.8 Å². The summed E-state index contributed by atoms with van der Waals surface area (Å²) in [6.07, 6.45) is 4.53. The number of rotatable bonds is 8. The number of ether oxygens (including phenoxy) is 4. The van der Waals surface area contributed by atoms with Crippen LogP contribution in [0.2, 0.25) is 0 Å². The van der Waals surface area contributed by atoms with E-state index in [9.17, 15) is 35.1 Å². The van der Waals surface area contributed by atoms with Crippen LogP contribution in [-0.2, 0) is 28.5 Å². The van der Waals surface area contributed by atoms with E-state index in [0.717, 1.165) is 19.3 Å². The fourth-order valence-corrected chi connectivity index (χ4v) is 12.8. The van der Waals surface area contributed by atoms with Crippen molar-refractivity contribution < 1.29 is 54.1 Å². The second-order valence-electron chi connectivity index (χ2n) is 20.4. The quantitative estimate of drug-likeness (QED) is 0.116. The molecule has 1 heterocycles. The van der Waals surface area contributed by atoms with Crippen molar-refractivity contribution >= 4 is 11.9 Å². The second-order valence-corrected chi connectivity index (χ2v) is 20.4. The van der Waals surface area contributed by atoms with Gasteiger partial charge in [-0.3, -0.25) is 0 Å². The third-order valence-corrected chi connectivity index (χ3v) is 16.7. The first-order valence-corrected chi connectivity index (χ1v) is 21.2. The molecule has 6 aliphatic rings. The normalized spacial score (nSPS) is 46.4. The van der Waals surface area contributed by atoms with Gasteiger partial charge in [0.25, 0.3) is 0 Å². The standard InChI is InChI=1S/C46H70O11/c1-12-25(3)38(52)56-36-29(23-47)54-40(35(51)37(36)57-39(53)26(4)13-2)55-34-22-41(5,6)20-28-27-14-15-31-43(9)18-17-32(49)42(7,8)30(43)16-19-44(31,10)45(27,11)21-33(50)46(28,34)24-48/h12-14,17-18,28-37,40,47-51H,15-16,19-24H2,1-11H3. The van der Waals surface area contributed by atoms with Gasteiger partial charge in [0, 0.05) is 11.1 Å². The molecular formula is C46H70O11. The van der Waals surface area contributed by atoms with Crippen molar-refractivity contribution in [1.29, 1.82) is 0 Å². The van der Waals surface area contributed by atoms with E-state index in [1.165, 1.54) is 5.57 Å². The van der Waals surface area contributed by atoms with E-state index in [1.807, 2.05) is 6.08 Å². The molecule has 11 heteroatoms. The molecule has 5 N–H and O–H groups in total. The molecule has 11 nitrogen and oxygen atoms in total. The van der Waals surface area contributed by atoms with Crippen molar-refractivity contribution in [1.82, 2.24) is 0 Å². The van der Waals surface area contributed by atoms with Crippen LogP contribution in [0.5, 0.6) is 0 Å². The zero-order valence-corrected chi connectivity index (χ0v) is 36.1. The van der Waals surface area contributed by atoms with Gasteiger partial charge in [0.1, 0.15) is 12.2 Å². The Morgan fingerprint density at radius 3 is 2.07 bits per heavy atom. The smallest absolute Gasteiger partial charge is 0.333 e. The van der Waals surface area contributed by atoms with Gasteiger partial charge < -0.3 is 44.5 Å². The van der Waals surface area contributed by atoms with Crippen LogP contribution in [0.1, 0.15) is 115 Å². The summed E-state index contributed by atoms with van der Waals surface area (Å²) in [7, 11) is 0. The van der Waals surface area contributed by atoms with E-state index in [0.29, 0.717) is 25.2 Å². The summed E-state index contributed by atoms with van der Waals surface area (Å²) in [6.45, 7) is 21.2. The van der Waals surface area contributed by atoms with Gasteiger partial charge in [0.2, 0.25) is 0 Å². The van der Waals surface area contributed by atoms with Gasteiger partial charge in [-0.1, -0.05) is 84.4 Å². The molecule has 0 aromatic heterocycles. The van der Waals surface area contributed by atoms with Crippen LogP contribution in [0.25, 0.3) is 0 Å². The van der Waals surface area contributed by atoms with Crippen LogP contribution >= 0.6 is 0 Å². The number of hydrogen-bond donors (Lipinski definition) is 5. The molecule has 0 bridgehead atoms. The molecule has 1 saturated heterocycles. The summed E-state index contributed by atoms with van der Waals surface area (Å²) in [5.41, 5.74) is -0.737. The number of fused-ring (bicyclic) bond motifs is 7. The van der Waals surface area contributed by atoms with Gasteiger partial charge in [0.15, 0.2) is 18.5 Å². The van der Waals surface area contributed by atoms with E-state index in [-0.39, 0.29) is 51.2 Å². The van der Waals surface area contributed by atoms with Crippen molar-refractivity contribution in [3.63, 3.8) is 0 Å². The van der Waals surface area contributed by atoms with E-state index in [4.69, 9.17) is 18.9 Å². The highest BCUT2D eigenvalue weighted by Crippen LogP contribution is 2.75. The number of carbonyl (C=O) groups excluding carboxylic acids is 2. The van der Waals surface area contributed by atoms with Crippen molar-refractivity contribution in [3.8, 4) is 0 Å². The van der Waals surface area contributed by atoms with Crippen molar-refractivity contribution in [2.75, 3.05) is 13.2 Å². The SMILES string of the molecule is CC=C(C)C(=O)OC1C(CO)OC(OC2CC(C)(C)CC3C4=CCC5C6(C)C=CC(O)C(C)(C)C6CCC5(C)C4(C)CC(O)C23CO)C(O)C1OC(=O)C(C)=CC. The Morgan fingerprint density at radius 1 is 0.877 bits per heavy atom. The van der Waals surface area contributed by atoms with Crippen molar-refractivity contribution in [3.05, 3.63) is 47.1 Å². The van der Waals surface area contributed by atoms with Gasteiger partial charge in [-0.2, -0.15) is 0 Å². The van der Waals surface area contributed by atoms with Crippen molar-refractivity contribution in [2.45, 2.75) is 164 Å².